The molecule has 0 aliphatic heterocycles. The summed E-state index contributed by atoms with van der Waals surface area (Å²) < 4.78 is 27.1. The van der Waals surface area contributed by atoms with Crippen molar-refractivity contribution in [3.63, 3.8) is 0 Å². The van der Waals surface area contributed by atoms with Crippen LogP contribution in [0.1, 0.15) is 0 Å². The Kier molecular flexibility index (Phi) is 3.58. The molecule has 0 saturated heterocycles. The van der Waals surface area contributed by atoms with Crippen molar-refractivity contribution in [1.29, 1.82) is 0 Å². The fourth-order valence-electron chi connectivity index (χ4n) is 1.40. The molecule has 2 rings (SSSR count). The van der Waals surface area contributed by atoms with Gasteiger partial charge in [0.2, 0.25) is 0 Å². The van der Waals surface area contributed by atoms with Crippen LogP contribution in [-0.2, 0) is 10.0 Å². The van der Waals surface area contributed by atoms with Gasteiger partial charge in [0.1, 0.15) is 10.6 Å². The van der Waals surface area contributed by atoms with Crippen molar-refractivity contribution in [1.82, 2.24) is 0 Å². The maximum atomic E-state index is 12.1. The van der Waals surface area contributed by atoms with E-state index in [1.165, 1.54) is 30.3 Å². The molecule has 0 unspecified atom stereocenters. The number of anilines is 1. The third-order valence-corrected chi connectivity index (χ3v) is 4.64. The van der Waals surface area contributed by atoms with Crippen molar-refractivity contribution in [2.45, 2.75) is 4.90 Å². The molecule has 0 atom stereocenters. The molecule has 2 N–H and O–H groups in total. The summed E-state index contributed by atoms with van der Waals surface area (Å²) in [6, 6.07) is 12.4. The minimum atomic E-state index is -3.64. The minimum Gasteiger partial charge on any atom is -0.508 e. The van der Waals surface area contributed by atoms with E-state index < -0.39 is 10.0 Å². The van der Waals surface area contributed by atoms with Gasteiger partial charge in [-0.15, -0.1) is 0 Å². The van der Waals surface area contributed by atoms with Gasteiger partial charge in [-0.3, -0.25) is 4.72 Å². The highest BCUT2D eigenvalue weighted by molar-refractivity contribution is 9.10. The molecule has 4 nitrogen and oxygen atoms in total. The van der Waals surface area contributed by atoms with Crippen molar-refractivity contribution in [3.8, 4) is 5.75 Å². The van der Waals surface area contributed by atoms with Crippen LogP contribution < -0.4 is 4.72 Å². The van der Waals surface area contributed by atoms with E-state index >= 15 is 0 Å². The molecule has 0 aliphatic carbocycles. The topological polar surface area (TPSA) is 66.4 Å². The second-order valence-corrected chi connectivity index (χ2v) is 6.09. The van der Waals surface area contributed by atoms with Crippen LogP contribution in [0, 0.1) is 0 Å². The molecule has 0 heterocycles. The number of phenols is 1. The van der Waals surface area contributed by atoms with Crippen molar-refractivity contribution >= 4 is 31.6 Å². The van der Waals surface area contributed by atoms with Crippen molar-refractivity contribution < 1.29 is 13.5 Å². The lowest BCUT2D eigenvalue weighted by Crippen LogP contribution is -2.13. The highest BCUT2D eigenvalue weighted by atomic mass is 79.9. The Hall–Kier alpha value is -1.53. The standard InChI is InChI=1S/C12H10BrNO3S/c13-11-3-1-2-4-12(11)18(16,17)14-9-5-7-10(15)8-6-9/h1-8,14-15H. The van der Waals surface area contributed by atoms with Crippen LogP contribution in [0.25, 0.3) is 0 Å². The van der Waals surface area contributed by atoms with Gasteiger partial charge in [0, 0.05) is 10.2 Å². The Morgan fingerprint density at radius 3 is 2.22 bits per heavy atom. The highest BCUT2D eigenvalue weighted by Crippen LogP contribution is 2.24. The zero-order valence-electron chi connectivity index (χ0n) is 9.17. The summed E-state index contributed by atoms with van der Waals surface area (Å²) >= 11 is 3.20. The van der Waals surface area contributed by atoms with Gasteiger partial charge in [0.05, 0.1) is 0 Å². The molecular formula is C12H10BrNO3S. The zero-order valence-corrected chi connectivity index (χ0v) is 11.6. The lowest BCUT2D eigenvalue weighted by Gasteiger charge is -2.09. The van der Waals surface area contributed by atoms with Gasteiger partial charge in [-0.05, 0) is 52.3 Å². The van der Waals surface area contributed by atoms with Crippen LogP contribution in [0.15, 0.2) is 57.9 Å². The highest BCUT2D eigenvalue weighted by Gasteiger charge is 2.16. The molecule has 0 amide bonds. The van der Waals surface area contributed by atoms with E-state index in [1.807, 2.05) is 0 Å². The molecular weight excluding hydrogens is 318 g/mol. The number of phenolic OH excluding ortho intramolecular Hbond substituents is 1. The van der Waals surface area contributed by atoms with Crippen LogP contribution in [0.3, 0.4) is 0 Å². The Morgan fingerprint density at radius 1 is 1.00 bits per heavy atom. The quantitative estimate of drug-likeness (QED) is 0.852. The summed E-state index contributed by atoms with van der Waals surface area (Å²) in [6.45, 7) is 0. The van der Waals surface area contributed by atoms with Gasteiger partial charge in [-0.25, -0.2) is 8.42 Å². The van der Waals surface area contributed by atoms with Gasteiger partial charge in [0.15, 0.2) is 0 Å². The number of rotatable bonds is 3. The first-order chi connectivity index (χ1) is 8.49. The maximum absolute atomic E-state index is 12.1. The number of sulfonamides is 1. The second kappa shape index (κ2) is 4.99. The van der Waals surface area contributed by atoms with Gasteiger partial charge in [0.25, 0.3) is 10.0 Å². The summed E-state index contributed by atoms with van der Waals surface area (Å²) in [5.41, 5.74) is 0.392. The first-order valence-corrected chi connectivity index (χ1v) is 7.33. The summed E-state index contributed by atoms with van der Waals surface area (Å²) in [4.78, 5) is 0.165. The average Bonchev–Trinajstić information content (AvgIpc) is 2.32. The first-order valence-electron chi connectivity index (χ1n) is 5.05. The van der Waals surface area contributed by atoms with E-state index in [9.17, 15) is 8.42 Å². The number of benzene rings is 2. The number of hydrogen-bond acceptors (Lipinski definition) is 3. The van der Waals surface area contributed by atoms with Crippen LogP contribution >= 0.6 is 15.9 Å². The summed E-state index contributed by atoms with van der Waals surface area (Å²) in [7, 11) is -3.64. The zero-order chi connectivity index (χ0) is 13.2. The van der Waals surface area contributed by atoms with Gasteiger partial charge in [-0.1, -0.05) is 12.1 Å². The van der Waals surface area contributed by atoms with Crippen LogP contribution in [0.2, 0.25) is 0 Å². The third-order valence-electron chi connectivity index (χ3n) is 2.25. The van der Waals surface area contributed by atoms with E-state index in [2.05, 4.69) is 20.7 Å². The smallest absolute Gasteiger partial charge is 0.263 e. The Bertz CT molecular complexity index is 653. The largest absolute Gasteiger partial charge is 0.508 e. The number of halogens is 1. The Balaban J connectivity index is 2.33. The SMILES string of the molecule is O=S(=O)(Nc1ccc(O)cc1)c1ccccc1Br. The van der Waals surface area contributed by atoms with E-state index in [1.54, 1.807) is 18.2 Å². The van der Waals surface area contributed by atoms with Crippen LogP contribution in [0.5, 0.6) is 5.75 Å². The average molecular weight is 328 g/mol. The number of aromatic hydroxyl groups is 1. The molecule has 0 aromatic heterocycles. The summed E-state index contributed by atoms with van der Waals surface area (Å²) in [6.07, 6.45) is 0. The van der Waals surface area contributed by atoms with E-state index in [0.717, 1.165) is 0 Å². The Morgan fingerprint density at radius 2 is 1.61 bits per heavy atom. The fraction of sp³-hybridized carbons (Fsp3) is 0. The molecule has 0 spiro atoms. The molecule has 0 saturated carbocycles. The predicted molar refractivity (Wildman–Crippen MR) is 73.1 cm³/mol. The van der Waals surface area contributed by atoms with Gasteiger partial charge in [-0.2, -0.15) is 0 Å². The van der Waals surface area contributed by atoms with E-state index in [-0.39, 0.29) is 10.6 Å². The minimum absolute atomic E-state index is 0.0823. The molecule has 94 valence electrons. The second-order valence-electron chi connectivity index (χ2n) is 3.58. The molecule has 6 heteroatoms. The maximum Gasteiger partial charge on any atom is 0.263 e. The molecule has 18 heavy (non-hydrogen) atoms. The molecule has 2 aromatic rings. The van der Waals surface area contributed by atoms with E-state index in [4.69, 9.17) is 5.11 Å². The van der Waals surface area contributed by atoms with Crippen molar-refractivity contribution in [2.24, 2.45) is 0 Å². The van der Waals surface area contributed by atoms with Crippen LogP contribution in [0.4, 0.5) is 5.69 Å². The third kappa shape index (κ3) is 2.83. The molecule has 0 aliphatic rings. The molecule has 0 bridgehead atoms. The number of hydrogen-bond donors (Lipinski definition) is 2. The van der Waals surface area contributed by atoms with Crippen LogP contribution in [-0.4, -0.2) is 13.5 Å². The number of nitrogens with one attached hydrogen (secondary N) is 1. The first kappa shape index (κ1) is 12.9. The lowest BCUT2D eigenvalue weighted by atomic mass is 10.3. The molecule has 0 fully saturated rings. The monoisotopic (exact) mass is 327 g/mol. The normalized spacial score (nSPS) is 11.2. The van der Waals surface area contributed by atoms with Crippen molar-refractivity contribution in [2.75, 3.05) is 4.72 Å². The Labute approximate surface area is 113 Å². The van der Waals surface area contributed by atoms with Gasteiger partial charge < -0.3 is 5.11 Å². The molecule has 0 radical (unpaired) electrons. The summed E-state index contributed by atoms with van der Waals surface area (Å²) in [5, 5.41) is 9.13. The molecule has 2 aromatic carbocycles. The van der Waals surface area contributed by atoms with Gasteiger partial charge >= 0.3 is 0 Å². The fourth-order valence-corrected chi connectivity index (χ4v) is 3.47. The predicted octanol–water partition coefficient (Wildman–Crippen LogP) is 2.96. The lowest BCUT2D eigenvalue weighted by molar-refractivity contribution is 0.475. The summed E-state index contributed by atoms with van der Waals surface area (Å²) in [5.74, 6) is 0.0823. The van der Waals surface area contributed by atoms with Crippen molar-refractivity contribution in [3.05, 3.63) is 53.0 Å². The van der Waals surface area contributed by atoms with E-state index in [0.29, 0.717) is 10.2 Å².